The van der Waals surface area contributed by atoms with Crippen molar-refractivity contribution in [3.8, 4) is 0 Å². The van der Waals surface area contributed by atoms with Crippen molar-refractivity contribution in [3.05, 3.63) is 35.5 Å². The Kier molecular flexibility index (Phi) is 6.24. The van der Waals surface area contributed by atoms with Gasteiger partial charge in [-0.25, -0.2) is 0 Å². The van der Waals surface area contributed by atoms with Crippen LogP contribution in [0.15, 0.2) is 35.5 Å². The van der Waals surface area contributed by atoms with Gasteiger partial charge in [-0.1, -0.05) is 29.9 Å². The zero-order valence-electron chi connectivity index (χ0n) is 14.8. The molecule has 0 aromatic rings. The Morgan fingerprint density at radius 2 is 2.13 bits per heavy atom. The summed E-state index contributed by atoms with van der Waals surface area (Å²) in [7, 11) is 0. The third-order valence-corrected chi connectivity index (χ3v) is 5.40. The molecule has 2 N–H and O–H groups in total. The van der Waals surface area contributed by atoms with E-state index < -0.39 is 6.10 Å². The smallest absolute Gasteiger partial charge is 0.0923 e. The van der Waals surface area contributed by atoms with Gasteiger partial charge in [-0.2, -0.15) is 0 Å². The second-order valence-electron chi connectivity index (χ2n) is 7.51. The number of fused-ring (bicyclic) bond motifs is 1. The number of epoxide rings is 1. The third kappa shape index (κ3) is 5.03. The molecule has 0 aromatic carbocycles. The number of hydrogen-bond acceptors (Lipinski definition) is 3. The summed E-state index contributed by atoms with van der Waals surface area (Å²) < 4.78 is 5.88. The minimum Gasteiger partial charge on any atom is -0.392 e. The lowest BCUT2D eigenvalue weighted by atomic mass is 9.87. The Bertz CT molecular complexity index is 491. The molecule has 0 amide bonds. The highest BCUT2D eigenvalue weighted by Crippen LogP contribution is 2.43. The Balaban J connectivity index is 2.15. The van der Waals surface area contributed by atoms with Gasteiger partial charge in [0, 0.05) is 5.92 Å². The molecule has 0 bridgehead atoms. The van der Waals surface area contributed by atoms with E-state index in [2.05, 4.69) is 26.5 Å². The summed E-state index contributed by atoms with van der Waals surface area (Å²) in [5, 5.41) is 20.2. The molecule has 2 rings (SSSR count). The van der Waals surface area contributed by atoms with E-state index in [1.54, 1.807) is 0 Å². The van der Waals surface area contributed by atoms with E-state index >= 15 is 0 Å². The van der Waals surface area contributed by atoms with Crippen LogP contribution in [0.4, 0.5) is 0 Å². The lowest BCUT2D eigenvalue weighted by Crippen LogP contribution is -2.20. The number of ether oxygens (including phenoxy) is 1. The van der Waals surface area contributed by atoms with Crippen LogP contribution in [-0.4, -0.2) is 34.6 Å². The van der Waals surface area contributed by atoms with Gasteiger partial charge in [-0.05, 0) is 64.9 Å². The fraction of sp³-hybridized carbons (Fsp3) is 0.700. The number of aliphatic hydroxyl groups excluding tert-OH is 2. The molecule has 130 valence electrons. The van der Waals surface area contributed by atoms with Crippen molar-refractivity contribution in [1.82, 2.24) is 0 Å². The Morgan fingerprint density at radius 1 is 1.39 bits per heavy atom. The predicted octanol–water partition coefficient (Wildman–Crippen LogP) is 3.92. The van der Waals surface area contributed by atoms with Crippen LogP contribution in [0.5, 0.6) is 0 Å². The molecule has 0 radical (unpaired) electrons. The van der Waals surface area contributed by atoms with Gasteiger partial charge in [0.15, 0.2) is 0 Å². The third-order valence-electron chi connectivity index (χ3n) is 5.40. The van der Waals surface area contributed by atoms with Crippen LogP contribution in [-0.2, 0) is 4.74 Å². The van der Waals surface area contributed by atoms with Gasteiger partial charge in [-0.15, -0.1) is 0 Å². The van der Waals surface area contributed by atoms with Gasteiger partial charge in [0.1, 0.15) is 0 Å². The lowest BCUT2D eigenvalue weighted by Gasteiger charge is -2.22. The van der Waals surface area contributed by atoms with Crippen LogP contribution < -0.4 is 0 Å². The first-order valence-electron chi connectivity index (χ1n) is 8.83. The maximum absolute atomic E-state index is 10.6. The van der Waals surface area contributed by atoms with Crippen molar-refractivity contribution in [2.75, 3.05) is 6.61 Å². The van der Waals surface area contributed by atoms with E-state index in [0.29, 0.717) is 0 Å². The Labute approximate surface area is 140 Å². The summed E-state index contributed by atoms with van der Waals surface area (Å²) in [6.45, 7) is 10.4. The van der Waals surface area contributed by atoms with Crippen LogP contribution in [0.1, 0.15) is 59.3 Å². The standard InChI is InChI=1S/C20H32O3/c1-14(2)17-9-7-15(3)6-5-11-20(4)19(23-20)10-8-16(13-21)12-18(17)22/h6,12,17-19,21-22H,1,5,7-11,13H2,2-4H3/b15-6+,16-12+/t17-,18+,19-,20-/m1/s1. The van der Waals surface area contributed by atoms with E-state index in [4.69, 9.17) is 4.74 Å². The molecule has 2 aliphatic rings. The largest absolute Gasteiger partial charge is 0.392 e. The molecule has 1 aliphatic carbocycles. The van der Waals surface area contributed by atoms with E-state index in [9.17, 15) is 10.2 Å². The first kappa shape index (κ1) is 18.4. The molecule has 0 saturated carbocycles. The second-order valence-corrected chi connectivity index (χ2v) is 7.51. The molecule has 1 fully saturated rings. The summed E-state index contributed by atoms with van der Waals surface area (Å²) in [6, 6.07) is 0. The van der Waals surface area contributed by atoms with Gasteiger partial charge < -0.3 is 14.9 Å². The number of allylic oxidation sites excluding steroid dienone is 2. The monoisotopic (exact) mass is 320 g/mol. The summed E-state index contributed by atoms with van der Waals surface area (Å²) >= 11 is 0. The Morgan fingerprint density at radius 3 is 2.78 bits per heavy atom. The first-order chi connectivity index (χ1) is 10.9. The topological polar surface area (TPSA) is 53.0 Å². The van der Waals surface area contributed by atoms with E-state index in [1.165, 1.54) is 5.57 Å². The first-order valence-corrected chi connectivity index (χ1v) is 8.83. The quantitative estimate of drug-likeness (QED) is 0.599. The molecule has 0 spiro atoms. The molecule has 0 unspecified atom stereocenters. The molecule has 4 atom stereocenters. The van der Waals surface area contributed by atoms with Crippen molar-refractivity contribution >= 4 is 0 Å². The highest BCUT2D eigenvalue weighted by Gasteiger charge is 2.50. The van der Waals surface area contributed by atoms with Crippen molar-refractivity contribution in [2.24, 2.45) is 5.92 Å². The van der Waals surface area contributed by atoms with Gasteiger partial charge in [-0.3, -0.25) is 0 Å². The fourth-order valence-corrected chi connectivity index (χ4v) is 3.56. The molecular formula is C20H32O3. The molecule has 1 saturated heterocycles. The van der Waals surface area contributed by atoms with Gasteiger partial charge in [0.25, 0.3) is 0 Å². The number of rotatable bonds is 2. The van der Waals surface area contributed by atoms with Crippen LogP contribution in [0.2, 0.25) is 0 Å². The van der Waals surface area contributed by atoms with Crippen molar-refractivity contribution in [3.63, 3.8) is 0 Å². The summed E-state index contributed by atoms with van der Waals surface area (Å²) in [5.41, 5.74) is 3.28. The van der Waals surface area contributed by atoms with Crippen LogP contribution in [0.25, 0.3) is 0 Å². The van der Waals surface area contributed by atoms with Crippen LogP contribution in [0.3, 0.4) is 0 Å². The van der Waals surface area contributed by atoms with Crippen molar-refractivity contribution in [2.45, 2.75) is 77.1 Å². The summed E-state index contributed by atoms with van der Waals surface area (Å²) in [6.07, 6.45) is 9.52. The van der Waals surface area contributed by atoms with Gasteiger partial charge in [0.2, 0.25) is 0 Å². The molecule has 1 aliphatic heterocycles. The number of hydrogen-bond donors (Lipinski definition) is 2. The zero-order valence-corrected chi connectivity index (χ0v) is 14.8. The van der Waals surface area contributed by atoms with Crippen molar-refractivity contribution in [1.29, 1.82) is 0 Å². The van der Waals surface area contributed by atoms with Crippen molar-refractivity contribution < 1.29 is 14.9 Å². The van der Waals surface area contributed by atoms with Crippen LogP contribution in [0, 0.1) is 5.92 Å². The minimum atomic E-state index is -0.572. The second kappa shape index (κ2) is 7.78. The van der Waals surface area contributed by atoms with E-state index in [-0.39, 0.29) is 24.2 Å². The molecular weight excluding hydrogens is 288 g/mol. The summed E-state index contributed by atoms with van der Waals surface area (Å²) in [4.78, 5) is 0. The van der Waals surface area contributed by atoms with E-state index in [1.807, 2.05) is 13.0 Å². The maximum Gasteiger partial charge on any atom is 0.0923 e. The van der Waals surface area contributed by atoms with E-state index in [0.717, 1.165) is 49.7 Å². The Hall–Kier alpha value is -0.900. The molecule has 1 heterocycles. The molecule has 3 heteroatoms. The molecule has 0 aromatic heterocycles. The molecule has 23 heavy (non-hydrogen) atoms. The lowest BCUT2D eigenvalue weighted by molar-refractivity contribution is 0.163. The average Bonchev–Trinajstić information content (AvgIpc) is 3.13. The normalized spacial score (nSPS) is 40.8. The van der Waals surface area contributed by atoms with Crippen LogP contribution >= 0.6 is 0 Å². The van der Waals surface area contributed by atoms with Gasteiger partial charge >= 0.3 is 0 Å². The average molecular weight is 320 g/mol. The predicted molar refractivity (Wildman–Crippen MR) is 94.2 cm³/mol. The van der Waals surface area contributed by atoms with Gasteiger partial charge in [0.05, 0.1) is 24.4 Å². The molecule has 3 nitrogen and oxygen atoms in total. The minimum absolute atomic E-state index is 0.000316. The highest BCUT2D eigenvalue weighted by molar-refractivity contribution is 5.14. The summed E-state index contributed by atoms with van der Waals surface area (Å²) in [5.74, 6) is 0.0466. The maximum atomic E-state index is 10.6. The SMILES string of the molecule is C=C(C)[C@H]1CC/C(C)=C/CC[C@@]2(C)O[C@@H]2CC/C(CO)=C\[C@@H]1O. The zero-order chi connectivity index (χ0) is 17.0. The highest BCUT2D eigenvalue weighted by atomic mass is 16.6. The number of aliphatic hydroxyl groups is 2. The fourth-order valence-electron chi connectivity index (χ4n) is 3.56.